The fraction of sp³-hybridized carbons (Fsp3) is 0.529. The smallest absolute Gasteiger partial charge is 0.0482 e. The van der Waals surface area contributed by atoms with Crippen LogP contribution < -0.4 is 5.73 Å². The highest BCUT2D eigenvalue weighted by Crippen LogP contribution is 2.41. The number of hydrogen-bond acceptors (Lipinski definition) is 1. The molecule has 1 aromatic carbocycles. The van der Waals surface area contributed by atoms with Gasteiger partial charge in [-0.05, 0) is 49.9 Å². The Morgan fingerprint density at radius 2 is 1.89 bits per heavy atom. The van der Waals surface area contributed by atoms with E-state index in [1.54, 1.807) is 0 Å². The average molecular weight is 256 g/mol. The van der Waals surface area contributed by atoms with Gasteiger partial charge in [0, 0.05) is 35.6 Å². The van der Waals surface area contributed by atoms with Crippen LogP contribution in [-0.4, -0.2) is 11.1 Å². The Bertz CT molecular complexity index is 616. The van der Waals surface area contributed by atoms with Gasteiger partial charge in [0.05, 0.1) is 0 Å². The molecule has 0 bridgehead atoms. The topological polar surface area (TPSA) is 30.9 Å². The number of aromatic nitrogens is 1. The zero-order valence-electron chi connectivity index (χ0n) is 12.3. The third-order valence-corrected chi connectivity index (χ3v) is 5.37. The fourth-order valence-corrected chi connectivity index (χ4v) is 3.75. The van der Waals surface area contributed by atoms with E-state index < -0.39 is 0 Å². The van der Waals surface area contributed by atoms with E-state index in [0.717, 1.165) is 6.54 Å². The van der Waals surface area contributed by atoms with Crippen LogP contribution in [0.5, 0.6) is 0 Å². The third-order valence-electron chi connectivity index (χ3n) is 5.37. The number of fused-ring (bicyclic) bond motifs is 1. The molecule has 0 atom stereocenters. The van der Waals surface area contributed by atoms with E-state index in [2.05, 4.69) is 43.7 Å². The first-order valence-electron chi connectivity index (χ1n) is 7.35. The summed E-state index contributed by atoms with van der Waals surface area (Å²) in [4.78, 5) is 0. The highest BCUT2D eigenvalue weighted by molar-refractivity contribution is 5.86. The second-order valence-electron chi connectivity index (χ2n) is 6.19. The van der Waals surface area contributed by atoms with Crippen molar-refractivity contribution in [3.8, 4) is 0 Å². The Morgan fingerprint density at radius 3 is 2.53 bits per heavy atom. The van der Waals surface area contributed by atoms with Gasteiger partial charge in [-0.25, -0.2) is 0 Å². The monoisotopic (exact) mass is 256 g/mol. The molecule has 2 N–H and O–H groups in total. The molecule has 2 aromatic rings. The normalized spacial score (nSPS) is 18.3. The van der Waals surface area contributed by atoms with Gasteiger partial charge in [-0.1, -0.05) is 18.9 Å². The van der Waals surface area contributed by atoms with Crippen LogP contribution >= 0.6 is 0 Å². The van der Waals surface area contributed by atoms with Gasteiger partial charge in [0.25, 0.3) is 0 Å². The molecular formula is C17H24N2. The number of rotatable bonds is 2. The van der Waals surface area contributed by atoms with E-state index in [1.807, 2.05) is 0 Å². The van der Waals surface area contributed by atoms with Gasteiger partial charge >= 0.3 is 0 Å². The highest BCUT2D eigenvalue weighted by atomic mass is 14.9. The Kier molecular flexibility index (Phi) is 2.94. The van der Waals surface area contributed by atoms with Gasteiger partial charge < -0.3 is 10.3 Å². The molecule has 1 heterocycles. The summed E-state index contributed by atoms with van der Waals surface area (Å²) < 4.78 is 2.29. The van der Waals surface area contributed by atoms with Gasteiger partial charge in [-0.2, -0.15) is 0 Å². The molecule has 0 saturated heterocycles. The molecule has 0 amide bonds. The number of nitrogens with zero attached hydrogens (tertiary/aromatic N) is 1. The van der Waals surface area contributed by atoms with Crippen LogP contribution in [0.25, 0.3) is 10.9 Å². The Labute approximate surface area is 115 Å². The third kappa shape index (κ3) is 1.73. The van der Waals surface area contributed by atoms with E-state index in [1.165, 1.54) is 53.4 Å². The molecule has 2 heteroatoms. The van der Waals surface area contributed by atoms with Crippen LogP contribution in [0.3, 0.4) is 0 Å². The first kappa shape index (κ1) is 12.7. The summed E-state index contributed by atoms with van der Waals surface area (Å²) in [6.45, 7) is 5.21. The van der Waals surface area contributed by atoms with Crippen LogP contribution in [0, 0.1) is 13.8 Å². The molecule has 1 saturated carbocycles. The average Bonchev–Trinajstić information content (AvgIpc) is 3.01. The molecule has 0 radical (unpaired) electrons. The van der Waals surface area contributed by atoms with Crippen molar-refractivity contribution < 1.29 is 0 Å². The Morgan fingerprint density at radius 1 is 1.21 bits per heavy atom. The SMILES string of the molecule is Cc1c(C)n(C)c2ccc(C3(CN)CCCC3)cc12. The molecular weight excluding hydrogens is 232 g/mol. The van der Waals surface area contributed by atoms with Gasteiger partial charge in [0.2, 0.25) is 0 Å². The summed E-state index contributed by atoms with van der Waals surface area (Å²) >= 11 is 0. The maximum Gasteiger partial charge on any atom is 0.0482 e. The van der Waals surface area contributed by atoms with Crippen LogP contribution in [0.4, 0.5) is 0 Å². The van der Waals surface area contributed by atoms with Crippen LogP contribution in [0.2, 0.25) is 0 Å². The first-order chi connectivity index (χ1) is 9.09. The van der Waals surface area contributed by atoms with Gasteiger partial charge in [-0.3, -0.25) is 0 Å². The Balaban J connectivity index is 2.19. The predicted molar refractivity (Wildman–Crippen MR) is 81.6 cm³/mol. The zero-order valence-corrected chi connectivity index (χ0v) is 12.3. The van der Waals surface area contributed by atoms with Crippen molar-refractivity contribution in [2.24, 2.45) is 12.8 Å². The van der Waals surface area contributed by atoms with E-state index in [-0.39, 0.29) is 5.41 Å². The fourth-order valence-electron chi connectivity index (χ4n) is 3.75. The van der Waals surface area contributed by atoms with Crippen LogP contribution in [0.1, 0.15) is 42.5 Å². The minimum Gasteiger partial charge on any atom is -0.348 e. The number of benzene rings is 1. The Hall–Kier alpha value is -1.28. The molecule has 3 rings (SSSR count). The van der Waals surface area contributed by atoms with E-state index in [9.17, 15) is 0 Å². The largest absolute Gasteiger partial charge is 0.348 e. The maximum absolute atomic E-state index is 6.11. The lowest BCUT2D eigenvalue weighted by Gasteiger charge is -2.28. The van der Waals surface area contributed by atoms with Gasteiger partial charge in [0.15, 0.2) is 0 Å². The lowest BCUT2D eigenvalue weighted by Crippen LogP contribution is -2.31. The highest BCUT2D eigenvalue weighted by Gasteiger charge is 2.34. The molecule has 0 spiro atoms. The molecule has 19 heavy (non-hydrogen) atoms. The molecule has 102 valence electrons. The standard InChI is InChI=1S/C17H24N2/c1-12-13(2)19(3)16-7-6-14(10-15(12)16)17(11-18)8-4-5-9-17/h6-7,10H,4-5,8-9,11,18H2,1-3H3. The van der Waals surface area contributed by atoms with Crippen LogP contribution in [-0.2, 0) is 12.5 Å². The van der Waals surface area contributed by atoms with Crippen molar-refractivity contribution >= 4 is 10.9 Å². The number of hydrogen-bond donors (Lipinski definition) is 1. The van der Waals surface area contributed by atoms with E-state index in [0.29, 0.717) is 0 Å². The second-order valence-corrected chi connectivity index (χ2v) is 6.19. The molecule has 1 aliphatic rings. The summed E-state index contributed by atoms with van der Waals surface area (Å²) in [6.07, 6.45) is 5.14. The first-order valence-corrected chi connectivity index (χ1v) is 7.35. The lowest BCUT2D eigenvalue weighted by molar-refractivity contribution is 0.453. The van der Waals surface area contributed by atoms with E-state index >= 15 is 0 Å². The minimum absolute atomic E-state index is 0.240. The van der Waals surface area contributed by atoms with Crippen LogP contribution in [0.15, 0.2) is 18.2 Å². The van der Waals surface area contributed by atoms with Crippen molar-refractivity contribution in [1.29, 1.82) is 0 Å². The number of nitrogens with two attached hydrogens (primary N) is 1. The van der Waals surface area contributed by atoms with Gasteiger partial charge in [-0.15, -0.1) is 0 Å². The molecule has 1 fully saturated rings. The molecule has 2 nitrogen and oxygen atoms in total. The number of aryl methyl sites for hydroxylation is 2. The molecule has 0 aliphatic heterocycles. The summed E-state index contributed by atoms with van der Waals surface area (Å²) in [7, 11) is 2.15. The molecule has 1 aromatic heterocycles. The molecule has 1 aliphatic carbocycles. The summed E-state index contributed by atoms with van der Waals surface area (Å²) in [6, 6.07) is 6.98. The zero-order chi connectivity index (χ0) is 13.6. The molecule has 0 unspecified atom stereocenters. The second kappa shape index (κ2) is 4.38. The van der Waals surface area contributed by atoms with Crippen molar-refractivity contribution in [1.82, 2.24) is 4.57 Å². The van der Waals surface area contributed by atoms with Crippen molar-refractivity contribution in [3.63, 3.8) is 0 Å². The maximum atomic E-state index is 6.11. The predicted octanol–water partition coefficient (Wildman–Crippen LogP) is 3.57. The minimum atomic E-state index is 0.240. The lowest BCUT2D eigenvalue weighted by atomic mass is 9.78. The summed E-state index contributed by atoms with van der Waals surface area (Å²) in [5, 5.41) is 1.40. The van der Waals surface area contributed by atoms with Crippen molar-refractivity contribution in [3.05, 3.63) is 35.0 Å². The quantitative estimate of drug-likeness (QED) is 0.875. The summed E-state index contributed by atoms with van der Waals surface area (Å²) in [5.41, 5.74) is 11.9. The van der Waals surface area contributed by atoms with E-state index in [4.69, 9.17) is 5.73 Å². The summed E-state index contributed by atoms with van der Waals surface area (Å²) in [5.74, 6) is 0. The van der Waals surface area contributed by atoms with Crippen molar-refractivity contribution in [2.45, 2.75) is 44.9 Å². The van der Waals surface area contributed by atoms with Gasteiger partial charge in [0.1, 0.15) is 0 Å². The van der Waals surface area contributed by atoms with Crippen molar-refractivity contribution in [2.75, 3.05) is 6.54 Å².